The summed E-state index contributed by atoms with van der Waals surface area (Å²) in [6, 6.07) is 0. The first kappa shape index (κ1) is 56.7. The smallest absolute Gasteiger partial charge is 0.465 e. The summed E-state index contributed by atoms with van der Waals surface area (Å²) < 4.78 is 16.7. The van der Waals surface area contributed by atoms with Crippen molar-refractivity contribution in [1.29, 1.82) is 0 Å². The first-order valence-electron chi connectivity index (χ1n) is 25.5. The van der Waals surface area contributed by atoms with E-state index < -0.39 is 6.16 Å². The highest BCUT2D eigenvalue weighted by Crippen LogP contribution is 2.27. The molecular formula is C51H101NO6. The highest BCUT2D eigenvalue weighted by molar-refractivity contribution is 5.69. The molecule has 0 saturated heterocycles. The average molecular weight is 824 g/mol. The Morgan fingerprint density at radius 3 is 1.43 bits per heavy atom. The Morgan fingerprint density at radius 2 is 0.914 bits per heavy atom. The van der Waals surface area contributed by atoms with Crippen LogP contribution >= 0.6 is 0 Å². The summed E-state index contributed by atoms with van der Waals surface area (Å²) in [5.41, 5.74) is -0.00977. The molecule has 0 rings (SSSR count). The Kier molecular flexibility index (Phi) is 41.4. The standard InChI is InChI=1S/C51H101NO6/c1-7-11-15-19-26-34-48(35-27-20-16-12-8-2)38-45-57-50(55)56-44-31-22-21-29-40-52(42-43-53)41-30-23-28-39-51(5,6)46-58-49(54)37-36-47(32-24-17-13-9-3)33-25-18-14-10-4/h47-48,53H,7-46H2,1-6H3. The third kappa shape index (κ3) is 38.8. The fourth-order valence-corrected chi connectivity index (χ4v) is 8.29. The minimum Gasteiger partial charge on any atom is -0.465 e. The molecule has 58 heavy (non-hydrogen) atoms. The molecule has 0 unspecified atom stereocenters. The molecule has 0 atom stereocenters. The van der Waals surface area contributed by atoms with E-state index in [-0.39, 0.29) is 18.0 Å². The van der Waals surface area contributed by atoms with Gasteiger partial charge in [-0.1, -0.05) is 208 Å². The second kappa shape index (κ2) is 42.4. The Bertz CT molecular complexity index is 855. The Labute approximate surface area is 361 Å². The number of hydrogen-bond acceptors (Lipinski definition) is 7. The summed E-state index contributed by atoms with van der Waals surface area (Å²) in [4.78, 5) is 27.3. The number of ether oxygens (including phenoxy) is 3. The van der Waals surface area contributed by atoms with Crippen molar-refractivity contribution in [3.63, 3.8) is 0 Å². The molecule has 0 radical (unpaired) electrons. The Morgan fingerprint density at radius 1 is 0.483 bits per heavy atom. The van der Waals surface area contributed by atoms with E-state index in [1.807, 2.05) is 0 Å². The minimum atomic E-state index is -0.511. The molecule has 0 aromatic carbocycles. The quantitative estimate of drug-likeness (QED) is 0.0483. The van der Waals surface area contributed by atoms with Crippen molar-refractivity contribution in [2.75, 3.05) is 46.1 Å². The zero-order valence-corrected chi connectivity index (χ0v) is 39.9. The van der Waals surface area contributed by atoms with Gasteiger partial charge in [-0.05, 0) is 68.9 Å². The van der Waals surface area contributed by atoms with Crippen molar-refractivity contribution >= 4 is 12.1 Å². The maximum Gasteiger partial charge on any atom is 0.508 e. The monoisotopic (exact) mass is 824 g/mol. The summed E-state index contributed by atoms with van der Waals surface area (Å²) in [5, 5.41) is 9.64. The van der Waals surface area contributed by atoms with Crippen LogP contribution in [0.1, 0.15) is 253 Å². The highest BCUT2D eigenvalue weighted by Gasteiger charge is 2.21. The molecular weight excluding hydrogens is 723 g/mol. The normalized spacial score (nSPS) is 12.0. The van der Waals surface area contributed by atoms with Crippen LogP contribution in [0.25, 0.3) is 0 Å². The van der Waals surface area contributed by atoms with Crippen LogP contribution in [-0.2, 0) is 19.0 Å². The lowest BCUT2D eigenvalue weighted by Crippen LogP contribution is -2.29. The van der Waals surface area contributed by atoms with Crippen molar-refractivity contribution in [1.82, 2.24) is 4.90 Å². The van der Waals surface area contributed by atoms with E-state index in [0.29, 0.717) is 44.6 Å². The molecule has 0 saturated carbocycles. The van der Waals surface area contributed by atoms with E-state index in [2.05, 4.69) is 46.4 Å². The van der Waals surface area contributed by atoms with Gasteiger partial charge in [0, 0.05) is 13.0 Å². The molecule has 0 amide bonds. The van der Waals surface area contributed by atoms with Crippen molar-refractivity contribution in [2.45, 2.75) is 253 Å². The number of aliphatic hydroxyl groups is 1. The lowest BCUT2D eigenvalue weighted by atomic mass is 9.88. The van der Waals surface area contributed by atoms with E-state index >= 15 is 0 Å². The second-order valence-electron chi connectivity index (χ2n) is 18.7. The molecule has 0 bridgehead atoms. The number of hydrogen-bond donors (Lipinski definition) is 1. The van der Waals surface area contributed by atoms with Crippen LogP contribution in [0, 0.1) is 17.3 Å². The van der Waals surface area contributed by atoms with Gasteiger partial charge in [0.2, 0.25) is 0 Å². The predicted octanol–water partition coefficient (Wildman–Crippen LogP) is 15.2. The number of rotatable bonds is 45. The largest absolute Gasteiger partial charge is 0.508 e. The van der Waals surface area contributed by atoms with E-state index in [9.17, 15) is 14.7 Å². The van der Waals surface area contributed by atoms with Gasteiger partial charge < -0.3 is 24.2 Å². The maximum absolute atomic E-state index is 12.7. The molecule has 346 valence electrons. The highest BCUT2D eigenvalue weighted by atomic mass is 16.7. The second-order valence-corrected chi connectivity index (χ2v) is 18.7. The van der Waals surface area contributed by atoms with Gasteiger partial charge in [-0.2, -0.15) is 0 Å². The van der Waals surface area contributed by atoms with Gasteiger partial charge in [0.1, 0.15) is 0 Å². The molecule has 7 heteroatoms. The molecule has 1 N–H and O–H groups in total. The number of carbonyl (C=O) groups is 2. The van der Waals surface area contributed by atoms with Gasteiger partial charge in [0.25, 0.3) is 0 Å². The summed E-state index contributed by atoms with van der Waals surface area (Å²) >= 11 is 0. The van der Waals surface area contributed by atoms with Gasteiger partial charge in [-0.3, -0.25) is 4.79 Å². The van der Waals surface area contributed by atoms with Gasteiger partial charge in [-0.15, -0.1) is 0 Å². The first-order chi connectivity index (χ1) is 28.2. The molecule has 0 aliphatic heterocycles. The van der Waals surface area contributed by atoms with Crippen molar-refractivity contribution in [3.8, 4) is 0 Å². The fourth-order valence-electron chi connectivity index (χ4n) is 8.29. The van der Waals surface area contributed by atoms with Crippen LogP contribution in [0.4, 0.5) is 4.79 Å². The summed E-state index contributed by atoms with van der Waals surface area (Å²) in [7, 11) is 0. The fraction of sp³-hybridized carbons (Fsp3) is 0.961. The average Bonchev–Trinajstić information content (AvgIpc) is 3.20. The van der Waals surface area contributed by atoms with Gasteiger partial charge in [-0.25, -0.2) is 4.79 Å². The number of aliphatic hydroxyl groups excluding tert-OH is 1. The van der Waals surface area contributed by atoms with Crippen LogP contribution < -0.4 is 0 Å². The van der Waals surface area contributed by atoms with Crippen LogP contribution in [0.2, 0.25) is 0 Å². The van der Waals surface area contributed by atoms with E-state index in [1.165, 1.54) is 141 Å². The maximum atomic E-state index is 12.7. The number of esters is 1. The Balaban J connectivity index is 4.18. The number of unbranched alkanes of at least 4 members (excludes halogenated alkanes) is 19. The van der Waals surface area contributed by atoms with Crippen molar-refractivity contribution in [2.24, 2.45) is 17.3 Å². The van der Waals surface area contributed by atoms with Gasteiger partial charge >= 0.3 is 12.1 Å². The molecule has 0 aliphatic rings. The molecule has 0 aromatic heterocycles. The molecule has 7 nitrogen and oxygen atoms in total. The van der Waals surface area contributed by atoms with Crippen LogP contribution in [0.3, 0.4) is 0 Å². The molecule has 0 aliphatic carbocycles. The lowest BCUT2D eigenvalue weighted by molar-refractivity contribution is -0.147. The zero-order valence-electron chi connectivity index (χ0n) is 39.9. The van der Waals surface area contributed by atoms with Gasteiger partial charge in [0.05, 0.1) is 26.4 Å². The van der Waals surface area contributed by atoms with Crippen LogP contribution in [0.5, 0.6) is 0 Å². The van der Waals surface area contributed by atoms with E-state index in [0.717, 1.165) is 77.3 Å². The van der Waals surface area contributed by atoms with Crippen LogP contribution in [-0.4, -0.2) is 68.2 Å². The first-order valence-corrected chi connectivity index (χ1v) is 25.5. The van der Waals surface area contributed by atoms with Crippen molar-refractivity contribution < 1.29 is 28.9 Å². The van der Waals surface area contributed by atoms with Gasteiger partial charge in [0.15, 0.2) is 0 Å². The van der Waals surface area contributed by atoms with E-state index in [4.69, 9.17) is 14.2 Å². The topological polar surface area (TPSA) is 85.3 Å². The molecule has 0 spiro atoms. The third-order valence-electron chi connectivity index (χ3n) is 12.3. The SMILES string of the molecule is CCCCCCCC(CCCCCCC)CCOC(=O)OCCCCCCN(CCO)CCCCCC(C)(C)COC(=O)CCC(CCCCCC)CCCCCC. The molecule has 0 fully saturated rings. The summed E-state index contributed by atoms with van der Waals surface area (Å²) in [5.74, 6) is 1.30. The van der Waals surface area contributed by atoms with Crippen LogP contribution in [0.15, 0.2) is 0 Å². The summed E-state index contributed by atoms with van der Waals surface area (Å²) in [6.45, 7) is 17.8. The van der Waals surface area contributed by atoms with Crippen molar-refractivity contribution in [3.05, 3.63) is 0 Å². The number of carbonyl (C=O) groups excluding carboxylic acids is 2. The molecule has 0 heterocycles. The zero-order chi connectivity index (χ0) is 42.8. The predicted molar refractivity (Wildman–Crippen MR) is 248 cm³/mol. The lowest BCUT2D eigenvalue weighted by Gasteiger charge is -2.25. The Hall–Kier alpha value is -1.34. The van der Waals surface area contributed by atoms with E-state index in [1.54, 1.807) is 0 Å². The number of nitrogens with zero attached hydrogens (tertiary/aromatic N) is 1. The third-order valence-corrected chi connectivity index (χ3v) is 12.3. The molecule has 0 aromatic rings. The summed E-state index contributed by atoms with van der Waals surface area (Å²) in [6.07, 6.45) is 39.0. The minimum absolute atomic E-state index is 0.00977.